The van der Waals surface area contributed by atoms with E-state index in [9.17, 15) is 15.0 Å². The Morgan fingerprint density at radius 2 is 1.41 bits per heavy atom. The highest BCUT2D eigenvalue weighted by Gasteiger charge is 2.27. The van der Waals surface area contributed by atoms with Crippen molar-refractivity contribution in [1.29, 1.82) is 0 Å². The van der Waals surface area contributed by atoms with Crippen LogP contribution in [0.5, 0.6) is 0 Å². The van der Waals surface area contributed by atoms with Crippen LogP contribution in [0.15, 0.2) is 0 Å². The molecule has 0 saturated carbocycles. The number of aliphatic hydroxyl groups is 2. The predicted molar refractivity (Wildman–Crippen MR) is 118 cm³/mol. The molecule has 0 heterocycles. The number of carbonyl (C=O) groups excluding carboxylic acids is 1. The van der Waals surface area contributed by atoms with Gasteiger partial charge in [0.1, 0.15) is 0 Å². The second-order valence-corrected chi connectivity index (χ2v) is 9.84. The molecule has 0 aliphatic carbocycles. The maximum atomic E-state index is 12.0. The third-order valence-corrected chi connectivity index (χ3v) is 5.99. The van der Waals surface area contributed by atoms with E-state index in [-0.39, 0.29) is 12.5 Å². The van der Waals surface area contributed by atoms with Crippen LogP contribution in [0.4, 0.5) is 0 Å². The van der Waals surface area contributed by atoms with Gasteiger partial charge >= 0.3 is 0 Å². The molecule has 5 heteroatoms. The van der Waals surface area contributed by atoms with Gasteiger partial charge in [0.2, 0.25) is 5.91 Å². The van der Waals surface area contributed by atoms with E-state index in [1.807, 2.05) is 20.8 Å². The summed E-state index contributed by atoms with van der Waals surface area (Å²) in [6.45, 7) is 7.50. The van der Waals surface area contributed by atoms with Gasteiger partial charge in [-0.25, -0.2) is 0 Å². The molecular weight excluding hydrogens is 358 g/mol. The number of unbranched alkanes of at least 4 members (excludes halogenated alkanes) is 10. The zero-order valence-electron chi connectivity index (χ0n) is 18.3. The summed E-state index contributed by atoms with van der Waals surface area (Å²) in [5.74, 6) is 1.43. The van der Waals surface area contributed by atoms with Crippen molar-refractivity contribution < 1.29 is 15.0 Å². The number of rotatable bonds is 17. The molecule has 0 aromatic carbocycles. The second-order valence-electron chi connectivity index (χ2n) is 8.69. The summed E-state index contributed by atoms with van der Waals surface area (Å²) in [7, 11) is 0. The van der Waals surface area contributed by atoms with E-state index < -0.39 is 17.6 Å². The van der Waals surface area contributed by atoms with Crippen LogP contribution in [0.3, 0.4) is 0 Å². The van der Waals surface area contributed by atoms with Gasteiger partial charge in [0.05, 0.1) is 18.8 Å². The number of aliphatic hydroxyl groups excluding tert-OH is 2. The Bertz CT molecular complexity index is 358. The maximum absolute atomic E-state index is 12.0. The average Bonchev–Trinajstić information content (AvgIpc) is 2.62. The molecule has 0 aliphatic rings. The van der Waals surface area contributed by atoms with Crippen molar-refractivity contribution in [2.24, 2.45) is 5.41 Å². The first-order valence-electron chi connectivity index (χ1n) is 11.0. The van der Waals surface area contributed by atoms with E-state index in [0.717, 1.165) is 5.75 Å². The molecule has 1 amide bonds. The van der Waals surface area contributed by atoms with Gasteiger partial charge in [0, 0.05) is 11.2 Å². The molecular formula is C22H45NO3S. The lowest BCUT2D eigenvalue weighted by atomic mass is 9.95. The fourth-order valence-corrected chi connectivity index (χ4v) is 3.89. The summed E-state index contributed by atoms with van der Waals surface area (Å²) in [6, 6.07) is -0.582. The van der Waals surface area contributed by atoms with Crippen LogP contribution < -0.4 is 5.32 Å². The SMILES string of the molecule is CCCCCCCCCCCCCSC[C@@H](O)[C@H](CO)NC(=O)C(C)(C)C. The Kier molecular flexibility index (Phi) is 16.5. The largest absolute Gasteiger partial charge is 0.394 e. The van der Waals surface area contributed by atoms with E-state index >= 15 is 0 Å². The zero-order valence-corrected chi connectivity index (χ0v) is 19.1. The Hall–Kier alpha value is -0.260. The first-order chi connectivity index (χ1) is 12.8. The lowest BCUT2D eigenvalue weighted by Crippen LogP contribution is -2.50. The van der Waals surface area contributed by atoms with Crippen LogP contribution in [0.1, 0.15) is 98.3 Å². The molecule has 3 N–H and O–H groups in total. The molecule has 0 spiro atoms. The lowest BCUT2D eigenvalue weighted by molar-refractivity contribution is -0.130. The van der Waals surface area contributed by atoms with Gasteiger partial charge in [-0.15, -0.1) is 0 Å². The minimum absolute atomic E-state index is 0.143. The second kappa shape index (κ2) is 16.7. The van der Waals surface area contributed by atoms with Gasteiger partial charge in [0.25, 0.3) is 0 Å². The minimum Gasteiger partial charge on any atom is -0.394 e. The quantitative estimate of drug-likeness (QED) is 0.302. The Labute approximate surface area is 172 Å². The summed E-state index contributed by atoms with van der Waals surface area (Å²) in [4.78, 5) is 12.0. The monoisotopic (exact) mass is 403 g/mol. The van der Waals surface area contributed by atoms with Gasteiger partial charge in [0.15, 0.2) is 0 Å². The molecule has 0 aromatic heterocycles. The average molecular weight is 404 g/mol. The smallest absolute Gasteiger partial charge is 0.225 e. The summed E-state index contributed by atoms with van der Waals surface area (Å²) in [5, 5.41) is 22.4. The van der Waals surface area contributed by atoms with E-state index in [2.05, 4.69) is 12.2 Å². The molecule has 2 atom stereocenters. The molecule has 162 valence electrons. The topological polar surface area (TPSA) is 69.6 Å². The highest BCUT2D eigenvalue weighted by atomic mass is 32.2. The van der Waals surface area contributed by atoms with Gasteiger partial charge < -0.3 is 15.5 Å². The number of hydrogen-bond donors (Lipinski definition) is 3. The summed E-state index contributed by atoms with van der Waals surface area (Å²) in [6.07, 6.45) is 14.0. The van der Waals surface area contributed by atoms with Crippen molar-refractivity contribution in [2.75, 3.05) is 18.1 Å². The van der Waals surface area contributed by atoms with Crippen LogP contribution in [0.2, 0.25) is 0 Å². The Balaban J connectivity index is 3.59. The zero-order chi connectivity index (χ0) is 20.5. The third kappa shape index (κ3) is 15.4. The molecule has 0 fully saturated rings. The number of hydrogen-bond acceptors (Lipinski definition) is 4. The normalized spacial score (nSPS) is 14.1. The third-order valence-electron chi connectivity index (χ3n) is 4.84. The Morgan fingerprint density at radius 1 is 0.926 bits per heavy atom. The fraction of sp³-hybridized carbons (Fsp3) is 0.955. The van der Waals surface area contributed by atoms with Crippen LogP contribution in [-0.2, 0) is 4.79 Å². The van der Waals surface area contributed by atoms with Crippen molar-refractivity contribution >= 4 is 17.7 Å². The molecule has 27 heavy (non-hydrogen) atoms. The van der Waals surface area contributed by atoms with Crippen molar-refractivity contribution in [3.05, 3.63) is 0 Å². The van der Waals surface area contributed by atoms with Crippen molar-refractivity contribution in [2.45, 2.75) is 110 Å². The molecule has 0 saturated heterocycles. The van der Waals surface area contributed by atoms with Crippen LogP contribution in [0, 0.1) is 5.41 Å². The van der Waals surface area contributed by atoms with Gasteiger partial charge in [-0.1, -0.05) is 91.9 Å². The number of amides is 1. The van der Waals surface area contributed by atoms with Gasteiger partial charge in [-0.05, 0) is 12.2 Å². The van der Waals surface area contributed by atoms with E-state index in [1.54, 1.807) is 11.8 Å². The molecule has 0 aliphatic heterocycles. The summed E-state index contributed by atoms with van der Waals surface area (Å²) < 4.78 is 0. The molecule has 0 bridgehead atoms. The first-order valence-corrected chi connectivity index (χ1v) is 12.2. The maximum Gasteiger partial charge on any atom is 0.225 e. The van der Waals surface area contributed by atoms with Crippen molar-refractivity contribution in [3.8, 4) is 0 Å². The standard InChI is InChI=1S/C22H45NO3S/c1-5-6-7-8-9-10-11-12-13-14-15-16-27-18-20(25)19(17-24)23-21(26)22(2,3)4/h19-20,24-25H,5-18H2,1-4H3,(H,23,26)/t19-,20+/m0/s1. The highest BCUT2D eigenvalue weighted by molar-refractivity contribution is 7.99. The summed E-state index contributed by atoms with van der Waals surface area (Å²) >= 11 is 1.71. The number of thioether (sulfide) groups is 1. The molecule has 0 aromatic rings. The highest BCUT2D eigenvalue weighted by Crippen LogP contribution is 2.16. The fourth-order valence-electron chi connectivity index (χ4n) is 2.84. The van der Waals surface area contributed by atoms with Crippen LogP contribution in [-0.4, -0.2) is 46.4 Å². The Morgan fingerprint density at radius 3 is 1.85 bits per heavy atom. The molecule has 0 unspecified atom stereocenters. The van der Waals surface area contributed by atoms with Crippen LogP contribution >= 0.6 is 11.8 Å². The molecule has 0 rings (SSSR count). The van der Waals surface area contributed by atoms with E-state index in [0.29, 0.717) is 5.75 Å². The van der Waals surface area contributed by atoms with Gasteiger partial charge in [-0.3, -0.25) is 4.79 Å². The molecule has 0 radical (unpaired) electrons. The predicted octanol–water partition coefficient (Wildman–Crippen LogP) is 4.91. The van der Waals surface area contributed by atoms with Crippen LogP contribution in [0.25, 0.3) is 0 Å². The van der Waals surface area contributed by atoms with Gasteiger partial charge in [-0.2, -0.15) is 11.8 Å². The van der Waals surface area contributed by atoms with E-state index in [4.69, 9.17) is 0 Å². The molecule has 4 nitrogen and oxygen atoms in total. The lowest BCUT2D eigenvalue weighted by Gasteiger charge is -2.26. The summed E-state index contributed by atoms with van der Waals surface area (Å²) in [5.41, 5.74) is -0.518. The number of carbonyl (C=O) groups is 1. The minimum atomic E-state index is -0.709. The first kappa shape index (κ1) is 26.7. The van der Waals surface area contributed by atoms with Crippen molar-refractivity contribution in [3.63, 3.8) is 0 Å². The van der Waals surface area contributed by atoms with Crippen molar-refractivity contribution in [1.82, 2.24) is 5.32 Å². The van der Waals surface area contributed by atoms with E-state index in [1.165, 1.54) is 70.6 Å². The number of nitrogens with one attached hydrogen (secondary N) is 1.